The van der Waals surface area contributed by atoms with Gasteiger partial charge in [-0.15, -0.1) is 0 Å². The van der Waals surface area contributed by atoms with Gasteiger partial charge in [0.15, 0.2) is 0 Å². The standard InChI is InChI=1S/C61H103N2O6P/c1-6-8-10-12-14-16-18-19-20-21-22-23-24-25-26-27-28-29-30-31-32-33-34-35-36-37-38-39-40-41-42-43-45-47-49-51-53-55-61(65)62-59(58-69-70(66,67)68-57-56-63(3,4)5)60(64)54-52-50-48-46-44-17-15-13-11-9-7-2/h8,10,14,16,19-20,22-23,25-26,28-29,31-32,34-35,37-38,40-41,43,45,59-60,64H,6-7,9,11-13,15,17-18,21,24,27,30,33,36,39,42,44,46-58H2,1-5H3,(H-,62,65,66,67)/b10-8-,16-14-,20-19-,23-22-,26-25-,29-28-,32-31-,35-34-,38-37-,41-40-,45-43-. The number of aliphatic hydroxyl groups excluding tert-OH is 1. The van der Waals surface area contributed by atoms with Crippen LogP contribution >= 0.6 is 7.82 Å². The molecule has 0 saturated heterocycles. The minimum absolute atomic E-state index is 0.00208. The number of phosphoric ester groups is 1. The topological polar surface area (TPSA) is 108 Å². The molecule has 0 aromatic heterocycles. The predicted molar refractivity (Wildman–Crippen MR) is 302 cm³/mol. The Bertz CT molecular complexity index is 1590. The van der Waals surface area contributed by atoms with E-state index >= 15 is 0 Å². The summed E-state index contributed by atoms with van der Waals surface area (Å²) in [6.45, 7) is 4.54. The van der Waals surface area contributed by atoms with E-state index in [9.17, 15) is 19.4 Å². The molecule has 9 heteroatoms. The number of carbonyl (C=O) groups is 1. The highest BCUT2D eigenvalue weighted by Crippen LogP contribution is 2.38. The van der Waals surface area contributed by atoms with Gasteiger partial charge in [-0.05, 0) is 96.3 Å². The van der Waals surface area contributed by atoms with Crippen LogP contribution in [0.1, 0.15) is 194 Å². The van der Waals surface area contributed by atoms with Crippen molar-refractivity contribution in [2.75, 3.05) is 40.9 Å². The van der Waals surface area contributed by atoms with E-state index in [2.05, 4.69) is 153 Å². The molecule has 3 unspecified atom stereocenters. The Labute approximate surface area is 430 Å². The van der Waals surface area contributed by atoms with Crippen LogP contribution in [0, 0.1) is 0 Å². The van der Waals surface area contributed by atoms with Crippen LogP contribution in [0.25, 0.3) is 0 Å². The number of quaternary nitrogens is 1. The molecule has 0 spiro atoms. The molecule has 0 bridgehead atoms. The molecule has 0 aliphatic heterocycles. The minimum atomic E-state index is -4.58. The molecule has 0 aliphatic rings. The number of allylic oxidation sites excluding steroid dienone is 22. The first-order valence-corrected chi connectivity index (χ1v) is 29.0. The number of amides is 1. The summed E-state index contributed by atoms with van der Waals surface area (Å²) in [5.41, 5.74) is 0. The maximum Gasteiger partial charge on any atom is 0.268 e. The normalized spacial score (nSPS) is 15.0. The summed E-state index contributed by atoms with van der Waals surface area (Å²) in [5.74, 6) is -0.204. The highest BCUT2D eigenvalue weighted by Gasteiger charge is 2.24. The van der Waals surface area contributed by atoms with E-state index in [0.717, 1.165) is 116 Å². The van der Waals surface area contributed by atoms with Gasteiger partial charge < -0.3 is 28.8 Å². The van der Waals surface area contributed by atoms with Crippen LogP contribution in [0.4, 0.5) is 0 Å². The summed E-state index contributed by atoms with van der Waals surface area (Å²) in [6.07, 6.45) is 76.3. The third-order valence-electron chi connectivity index (χ3n) is 11.4. The second-order valence-electron chi connectivity index (χ2n) is 19.2. The van der Waals surface area contributed by atoms with E-state index in [0.29, 0.717) is 23.9 Å². The molecule has 0 saturated carbocycles. The number of rotatable bonds is 48. The average Bonchev–Trinajstić information content (AvgIpc) is 3.32. The fourth-order valence-corrected chi connectivity index (χ4v) is 7.82. The van der Waals surface area contributed by atoms with Gasteiger partial charge in [0.25, 0.3) is 7.82 Å². The van der Waals surface area contributed by atoms with Crippen LogP contribution in [0.3, 0.4) is 0 Å². The quantitative estimate of drug-likeness (QED) is 0.0272. The van der Waals surface area contributed by atoms with E-state index < -0.39 is 20.0 Å². The summed E-state index contributed by atoms with van der Waals surface area (Å²) in [5, 5.41) is 13.9. The van der Waals surface area contributed by atoms with Gasteiger partial charge in [-0.25, -0.2) is 0 Å². The van der Waals surface area contributed by atoms with Crippen molar-refractivity contribution in [2.24, 2.45) is 0 Å². The van der Waals surface area contributed by atoms with Crippen molar-refractivity contribution in [2.45, 2.75) is 206 Å². The second kappa shape index (κ2) is 50.6. The first-order valence-electron chi connectivity index (χ1n) is 27.5. The molecule has 70 heavy (non-hydrogen) atoms. The molecule has 2 N–H and O–H groups in total. The monoisotopic (exact) mass is 991 g/mol. The molecular formula is C61H103N2O6P. The van der Waals surface area contributed by atoms with Crippen LogP contribution in [0.2, 0.25) is 0 Å². The van der Waals surface area contributed by atoms with Crippen molar-refractivity contribution in [3.05, 3.63) is 134 Å². The van der Waals surface area contributed by atoms with Crippen molar-refractivity contribution in [1.82, 2.24) is 5.32 Å². The summed E-state index contributed by atoms with van der Waals surface area (Å²) < 4.78 is 23.3. The minimum Gasteiger partial charge on any atom is -0.756 e. The van der Waals surface area contributed by atoms with Crippen molar-refractivity contribution in [1.29, 1.82) is 0 Å². The van der Waals surface area contributed by atoms with Crippen LogP contribution in [0.5, 0.6) is 0 Å². The molecule has 8 nitrogen and oxygen atoms in total. The lowest BCUT2D eigenvalue weighted by molar-refractivity contribution is -0.870. The van der Waals surface area contributed by atoms with Gasteiger partial charge in [-0.2, -0.15) is 0 Å². The zero-order valence-corrected chi connectivity index (χ0v) is 46.1. The third-order valence-corrected chi connectivity index (χ3v) is 12.4. The average molecular weight is 991 g/mol. The van der Waals surface area contributed by atoms with E-state index in [-0.39, 0.29) is 19.1 Å². The maximum absolute atomic E-state index is 12.9. The van der Waals surface area contributed by atoms with Gasteiger partial charge in [0.2, 0.25) is 5.91 Å². The highest BCUT2D eigenvalue weighted by molar-refractivity contribution is 7.45. The number of unbranched alkanes of at least 4 members (excludes halogenated alkanes) is 13. The number of nitrogens with one attached hydrogen (secondary N) is 1. The lowest BCUT2D eigenvalue weighted by Crippen LogP contribution is -2.46. The first-order chi connectivity index (χ1) is 34.0. The first kappa shape index (κ1) is 66.6. The lowest BCUT2D eigenvalue weighted by atomic mass is 10.0. The van der Waals surface area contributed by atoms with E-state index in [1.54, 1.807) is 0 Å². The number of carbonyl (C=O) groups excluding carboxylic acids is 1. The third kappa shape index (κ3) is 52.5. The Morgan fingerprint density at radius 2 is 0.871 bits per heavy atom. The molecule has 3 atom stereocenters. The SMILES string of the molecule is CC/C=C\C/C=C\C/C=C\C/C=C\C/C=C\C/C=C\C/C=C\C/C=C\C/C=C\C/C=C\C/C=C\CCCCCC(=O)NC(COP(=O)([O-])OCC[N+](C)(C)C)C(O)CCCCCCCCCCCCC. The Morgan fingerprint density at radius 1 is 0.514 bits per heavy atom. The molecule has 0 fully saturated rings. The van der Waals surface area contributed by atoms with Gasteiger partial charge in [-0.3, -0.25) is 9.36 Å². The Balaban J connectivity index is 4.21. The van der Waals surface area contributed by atoms with Crippen LogP contribution in [-0.2, 0) is 18.4 Å². The van der Waals surface area contributed by atoms with Crippen molar-refractivity contribution >= 4 is 13.7 Å². The number of nitrogens with zero attached hydrogens (tertiary/aromatic N) is 1. The maximum atomic E-state index is 12.9. The molecule has 0 rings (SSSR count). The summed E-state index contributed by atoms with van der Waals surface area (Å²) in [7, 11) is 1.26. The molecule has 398 valence electrons. The summed E-state index contributed by atoms with van der Waals surface area (Å²) in [4.78, 5) is 25.4. The molecule has 0 radical (unpaired) electrons. The molecule has 0 aromatic rings. The summed E-state index contributed by atoms with van der Waals surface area (Å²) in [6, 6.07) is -0.827. The van der Waals surface area contributed by atoms with Gasteiger partial charge >= 0.3 is 0 Å². The van der Waals surface area contributed by atoms with E-state index in [1.807, 2.05) is 21.1 Å². The number of hydrogen-bond acceptors (Lipinski definition) is 6. The molecule has 0 aromatic carbocycles. The zero-order valence-electron chi connectivity index (χ0n) is 45.2. The Hall–Kier alpha value is -3.36. The van der Waals surface area contributed by atoms with E-state index in [4.69, 9.17) is 9.05 Å². The Kier molecular flexibility index (Phi) is 48.1. The van der Waals surface area contributed by atoms with Crippen molar-refractivity contribution < 1.29 is 32.9 Å². The lowest BCUT2D eigenvalue weighted by Gasteiger charge is -2.30. The van der Waals surface area contributed by atoms with Gasteiger partial charge in [-0.1, -0.05) is 225 Å². The molecule has 0 aliphatic carbocycles. The van der Waals surface area contributed by atoms with Crippen LogP contribution < -0.4 is 10.2 Å². The fourth-order valence-electron chi connectivity index (χ4n) is 7.10. The van der Waals surface area contributed by atoms with E-state index in [1.165, 1.54) is 51.4 Å². The van der Waals surface area contributed by atoms with Crippen LogP contribution in [0.15, 0.2) is 134 Å². The molecule has 0 heterocycles. The van der Waals surface area contributed by atoms with Crippen molar-refractivity contribution in [3.63, 3.8) is 0 Å². The second-order valence-corrected chi connectivity index (χ2v) is 20.6. The fraction of sp³-hybridized carbons (Fsp3) is 0.623. The van der Waals surface area contributed by atoms with Gasteiger partial charge in [0, 0.05) is 6.42 Å². The molecule has 1 amide bonds. The number of hydrogen-bond donors (Lipinski definition) is 2. The summed E-state index contributed by atoms with van der Waals surface area (Å²) >= 11 is 0. The Morgan fingerprint density at radius 3 is 1.26 bits per heavy atom. The number of aliphatic hydroxyl groups is 1. The van der Waals surface area contributed by atoms with Crippen molar-refractivity contribution in [3.8, 4) is 0 Å². The number of likely N-dealkylation sites (N-methyl/N-ethyl adjacent to an activating group) is 1. The highest BCUT2D eigenvalue weighted by atomic mass is 31.2. The predicted octanol–water partition coefficient (Wildman–Crippen LogP) is 16.1. The van der Waals surface area contributed by atoms with Gasteiger partial charge in [0.1, 0.15) is 13.2 Å². The zero-order chi connectivity index (χ0) is 51.3. The molecular weight excluding hydrogens is 888 g/mol. The van der Waals surface area contributed by atoms with Crippen LogP contribution in [-0.4, -0.2) is 68.5 Å². The largest absolute Gasteiger partial charge is 0.756 e. The number of phosphoric acid groups is 1. The smallest absolute Gasteiger partial charge is 0.268 e. The van der Waals surface area contributed by atoms with Gasteiger partial charge in [0.05, 0.1) is 39.9 Å².